The normalized spacial score (nSPS) is 16.7. The van der Waals surface area contributed by atoms with Gasteiger partial charge in [0.15, 0.2) is 12.2 Å². The van der Waals surface area contributed by atoms with Crippen molar-refractivity contribution in [3.63, 3.8) is 0 Å². The molecule has 1 heterocycles. The maximum atomic E-state index is 12.5. The number of carbonyl (C=O) groups excluding carboxylic acids is 1. The van der Waals surface area contributed by atoms with Crippen LogP contribution in [0.15, 0.2) is 41.3 Å². The van der Waals surface area contributed by atoms with Gasteiger partial charge in [-0.1, -0.05) is 31.4 Å². The minimum absolute atomic E-state index is 0.0525. The van der Waals surface area contributed by atoms with Crippen LogP contribution in [0, 0.1) is 5.92 Å². The van der Waals surface area contributed by atoms with Crippen LogP contribution in [-0.2, 0) is 0 Å². The van der Waals surface area contributed by atoms with E-state index in [1.165, 1.54) is 25.7 Å². The lowest BCUT2D eigenvalue weighted by Gasteiger charge is -2.30. The van der Waals surface area contributed by atoms with Crippen molar-refractivity contribution >= 4 is 5.91 Å². The number of carbonyl (C=O) groups is 1. The van der Waals surface area contributed by atoms with Crippen LogP contribution < -0.4 is 5.32 Å². The molecule has 2 N–H and O–H groups in total. The number of nitrogens with zero attached hydrogens (tertiary/aromatic N) is 1. The molecule has 1 aliphatic rings. The fourth-order valence-electron chi connectivity index (χ4n) is 3.50. The molecule has 24 heavy (non-hydrogen) atoms. The fraction of sp³-hybridized carbons (Fsp3) is 0.474. The Balaban J connectivity index is 1.65. The SMILES string of the molecule is O=C(NC(CCO)C1CCCCC1)c1ccc(-c2cnco2)cc1. The first-order valence-electron chi connectivity index (χ1n) is 8.68. The molecule has 1 aromatic carbocycles. The highest BCUT2D eigenvalue weighted by molar-refractivity contribution is 5.94. The predicted molar refractivity (Wildman–Crippen MR) is 91.5 cm³/mol. The summed E-state index contributed by atoms with van der Waals surface area (Å²) in [4.78, 5) is 16.4. The Bertz CT molecular complexity index is 631. The Morgan fingerprint density at radius 3 is 2.62 bits per heavy atom. The van der Waals surface area contributed by atoms with E-state index in [0.29, 0.717) is 23.7 Å². The molecule has 5 nitrogen and oxygen atoms in total. The van der Waals surface area contributed by atoms with Crippen LogP contribution in [0.25, 0.3) is 11.3 Å². The summed E-state index contributed by atoms with van der Waals surface area (Å²) < 4.78 is 5.26. The topological polar surface area (TPSA) is 75.4 Å². The second-order valence-corrected chi connectivity index (χ2v) is 6.43. The van der Waals surface area contributed by atoms with Gasteiger partial charge < -0.3 is 14.8 Å². The van der Waals surface area contributed by atoms with Gasteiger partial charge in [0.25, 0.3) is 5.91 Å². The first-order chi connectivity index (χ1) is 11.8. The van der Waals surface area contributed by atoms with Gasteiger partial charge in [-0.05, 0) is 37.3 Å². The number of benzene rings is 1. The van der Waals surface area contributed by atoms with Crippen LogP contribution in [0.5, 0.6) is 0 Å². The fourth-order valence-corrected chi connectivity index (χ4v) is 3.50. The van der Waals surface area contributed by atoms with E-state index < -0.39 is 0 Å². The van der Waals surface area contributed by atoms with E-state index in [9.17, 15) is 9.90 Å². The van der Waals surface area contributed by atoms with Crippen molar-refractivity contribution in [1.82, 2.24) is 10.3 Å². The molecule has 1 unspecified atom stereocenters. The Morgan fingerprint density at radius 2 is 2.00 bits per heavy atom. The van der Waals surface area contributed by atoms with Crippen molar-refractivity contribution in [1.29, 1.82) is 0 Å². The third kappa shape index (κ3) is 4.03. The van der Waals surface area contributed by atoms with Crippen molar-refractivity contribution in [3.05, 3.63) is 42.4 Å². The average Bonchev–Trinajstić information content (AvgIpc) is 3.17. The van der Waals surface area contributed by atoms with Gasteiger partial charge in [-0.25, -0.2) is 4.98 Å². The first kappa shape index (κ1) is 16.7. The zero-order valence-electron chi connectivity index (χ0n) is 13.8. The number of hydrogen-bond donors (Lipinski definition) is 2. The molecule has 1 fully saturated rings. The van der Waals surface area contributed by atoms with E-state index in [2.05, 4.69) is 10.3 Å². The van der Waals surface area contributed by atoms with E-state index in [4.69, 9.17) is 4.42 Å². The number of rotatable bonds is 6. The number of hydrogen-bond acceptors (Lipinski definition) is 4. The summed E-state index contributed by atoms with van der Waals surface area (Å²) in [5.41, 5.74) is 1.51. The van der Waals surface area contributed by atoms with Crippen molar-refractivity contribution in [2.75, 3.05) is 6.61 Å². The van der Waals surface area contributed by atoms with Crippen LogP contribution >= 0.6 is 0 Å². The van der Waals surface area contributed by atoms with Crippen molar-refractivity contribution in [3.8, 4) is 11.3 Å². The summed E-state index contributed by atoms with van der Waals surface area (Å²) in [5.74, 6) is 1.08. The molecule has 1 saturated carbocycles. The summed E-state index contributed by atoms with van der Waals surface area (Å²) in [6.07, 6.45) is 9.63. The highest BCUT2D eigenvalue weighted by Gasteiger charge is 2.25. The molecule has 2 aromatic rings. The second-order valence-electron chi connectivity index (χ2n) is 6.43. The summed E-state index contributed by atoms with van der Waals surface area (Å²) in [6.45, 7) is 0.103. The van der Waals surface area contributed by atoms with Gasteiger partial charge >= 0.3 is 0 Å². The van der Waals surface area contributed by atoms with Gasteiger partial charge in [0.1, 0.15) is 0 Å². The van der Waals surface area contributed by atoms with Crippen LogP contribution in [0.4, 0.5) is 0 Å². The van der Waals surface area contributed by atoms with Crippen molar-refractivity contribution in [2.24, 2.45) is 5.92 Å². The molecule has 5 heteroatoms. The molecule has 1 aliphatic carbocycles. The van der Waals surface area contributed by atoms with E-state index in [-0.39, 0.29) is 18.6 Å². The molecule has 1 amide bonds. The molecule has 128 valence electrons. The Labute approximate surface area is 142 Å². The summed E-state index contributed by atoms with van der Waals surface area (Å²) >= 11 is 0. The average molecular weight is 328 g/mol. The summed E-state index contributed by atoms with van der Waals surface area (Å²) in [5, 5.41) is 12.4. The molecular formula is C19H24N2O3. The first-order valence-corrected chi connectivity index (χ1v) is 8.68. The molecule has 0 aliphatic heterocycles. The summed E-state index contributed by atoms with van der Waals surface area (Å²) in [7, 11) is 0. The molecule has 1 atom stereocenters. The highest BCUT2D eigenvalue weighted by Crippen LogP contribution is 2.28. The predicted octanol–water partition coefficient (Wildman–Crippen LogP) is 3.40. The van der Waals surface area contributed by atoms with Gasteiger partial charge in [-0.15, -0.1) is 0 Å². The van der Waals surface area contributed by atoms with Crippen molar-refractivity contribution in [2.45, 2.75) is 44.6 Å². The third-order valence-electron chi connectivity index (χ3n) is 4.84. The minimum atomic E-state index is -0.0804. The van der Waals surface area contributed by atoms with Gasteiger partial charge in [0, 0.05) is 23.8 Å². The third-order valence-corrected chi connectivity index (χ3v) is 4.84. The molecule has 0 saturated heterocycles. The number of oxazole rings is 1. The smallest absolute Gasteiger partial charge is 0.251 e. The summed E-state index contributed by atoms with van der Waals surface area (Å²) in [6, 6.07) is 7.36. The van der Waals surface area contributed by atoms with Crippen LogP contribution in [0.2, 0.25) is 0 Å². The zero-order valence-corrected chi connectivity index (χ0v) is 13.8. The second kappa shape index (κ2) is 8.11. The van der Waals surface area contributed by atoms with Gasteiger partial charge in [0.2, 0.25) is 0 Å². The van der Waals surface area contributed by atoms with Gasteiger partial charge in [-0.2, -0.15) is 0 Å². The van der Waals surface area contributed by atoms with E-state index >= 15 is 0 Å². The maximum Gasteiger partial charge on any atom is 0.251 e. The van der Waals surface area contributed by atoms with Gasteiger partial charge in [0.05, 0.1) is 6.20 Å². The lowest BCUT2D eigenvalue weighted by molar-refractivity contribution is 0.0899. The monoisotopic (exact) mass is 328 g/mol. The van der Waals surface area contributed by atoms with Crippen LogP contribution in [0.1, 0.15) is 48.9 Å². The van der Waals surface area contributed by atoms with E-state index in [1.807, 2.05) is 12.1 Å². The molecule has 3 rings (SSSR count). The number of nitrogens with one attached hydrogen (secondary N) is 1. The Hall–Kier alpha value is -2.14. The quantitative estimate of drug-likeness (QED) is 0.852. The van der Waals surface area contributed by atoms with Crippen molar-refractivity contribution < 1.29 is 14.3 Å². The highest BCUT2D eigenvalue weighted by atomic mass is 16.3. The lowest BCUT2D eigenvalue weighted by atomic mass is 9.82. The number of amides is 1. The zero-order chi connectivity index (χ0) is 16.8. The van der Waals surface area contributed by atoms with Gasteiger partial charge in [-0.3, -0.25) is 4.79 Å². The standard InChI is InChI=1S/C19H24N2O3/c22-11-10-17(14-4-2-1-3-5-14)21-19(23)16-8-6-15(7-9-16)18-12-20-13-24-18/h6-9,12-14,17,22H,1-5,10-11H2,(H,21,23). The van der Waals surface area contributed by atoms with Crippen LogP contribution in [-0.4, -0.2) is 28.6 Å². The number of aromatic nitrogens is 1. The Morgan fingerprint density at radius 1 is 1.25 bits per heavy atom. The lowest BCUT2D eigenvalue weighted by Crippen LogP contribution is -2.41. The number of aliphatic hydroxyl groups excluding tert-OH is 1. The molecule has 0 spiro atoms. The van der Waals surface area contributed by atoms with E-state index in [0.717, 1.165) is 18.4 Å². The maximum absolute atomic E-state index is 12.5. The largest absolute Gasteiger partial charge is 0.444 e. The molecule has 0 bridgehead atoms. The minimum Gasteiger partial charge on any atom is -0.444 e. The molecule has 0 radical (unpaired) electrons. The molecule has 1 aromatic heterocycles. The van der Waals surface area contributed by atoms with E-state index in [1.54, 1.807) is 18.3 Å². The Kier molecular flexibility index (Phi) is 5.64. The number of aliphatic hydroxyl groups is 1. The van der Waals surface area contributed by atoms with Crippen LogP contribution in [0.3, 0.4) is 0 Å². The molecular weight excluding hydrogens is 304 g/mol.